The summed E-state index contributed by atoms with van der Waals surface area (Å²) in [5.74, 6) is -0.596. The lowest BCUT2D eigenvalue weighted by Crippen LogP contribution is -2.43. The number of para-hydroxylation sites is 1. The number of carboxylic acids is 1. The van der Waals surface area contributed by atoms with Crippen molar-refractivity contribution in [2.45, 2.75) is 32.2 Å². The number of aliphatic carboxylic acids is 1. The van der Waals surface area contributed by atoms with E-state index >= 15 is 0 Å². The van der Waals surface area contributed by atoms with Crippen molar-refractivity contribution in [3.63, 3.8) is 0 Å². The molecule has 8 heteroatoms. The Balaban J connectivity index is 2.15. The van der Waals surface area contributed by atoms with Gasteiger partial charge in [0.05, 0.1) is 19.8 Å². The van der Waals surface area contributed by atoms with Crippen molar-refractivity contribution < 1.29 is 29.0 Å². The molecule has 1 aromatic rings. The summed E-state index contributed by atoms with van der Waals surface area (Å²) in [6, 6.07) is 4.96. The molecular formula is C19H26N2O6. The highest BCUT2D eigenvalue weighted by atomic mass is 16.5. The zero-order chi connectivity index (χ0) is 20.0. The van der Waals surface area contributed by atoms with Crippen LogP contribution in [0.4, 0.5) is 0 Å². The molecular weight excluding hydrogens is 352 g/mol. The quantitative estimate of drug-likeness (QED) is 0.808. The number of rotatable bonds is 6. The lowest BCUT2D eigenvalue weighted by atomic mass is 10.1. The standard InChI is InChI=1S/C19H26N2O6/c1-13(22)21(12-17(23)24)14-6-5-10-20(11-9-14)19(25)15-7-4-8-16(26-2)18(15)27-3/h4,7-8,14H,5-6,9-12H2,1-3H3,(H,23,24)/t14-/m1/s1. The first-order valence-corrected chi connectivity index (χ1v) is 8.88. The fourth-order valence-corrected chi connectivity index (χ4v) is 3.46. The molecule has 8 nitrogen and oxygen atoms in total. The summed E-state index contributed by atoms with van der Waals surface area (Å²) in [6.45, 7) is 2.03. The molecule has 0 aromatic heterocycles. The van der Waals surface area contributed by atoms with Crippen LogP contribution in [0.3, 0.4) is 0 Å². The van der Waals surface area contributed by atoms with Crippen molar-refractivity contribution in [2.75, 3.05) is 33.9 Å². The first-order valence-electron chi connectivity index (χ1n) is 8.88. The third-order valence-corrected chi connectivity index (χ3v) is 4.77. The zero-order valence-corrected chi connectivity index (χ0v) is 15.9. The van der Waals surface area contributed by atoms with Crippen molar-refractivity contribution in [3.05, 3.63) is 23.8 Å². The van der Waals surface area contributed by atoms with Crippen molar-refractivity contribution in [2.24, 2.45) is 0 Å². The van der Waals surface area contributed by atoms with Gasteiger partial charge in [0.25, 0.3) is 5.91 Å². The number of benzene rings is 1. The number of carbonyl (C=O) groups excluding carboxylic acids is 2. The molecule has 0 radical (unpaired) electrons. The highest BCUT2D eigenvalue weighted by molar-refractivity contribution is 5.97. The van der Waals surface area contributed by atoms with Crippen LogP contribution in [-0.4, -0.2) is 72.6 Å². The van der Waals surface area contributed by atoms with Gasteiger partial charge in [-0.25, -0.2) is 0 Å². The third-order valence-electron chi connectivity index (χ3n) is 4.77. The Bertz CT molecular complexity index is 705. The van der Waals surface area contributed by atoms with E-state index < -0.39 is 5.97 Å². The molecule has 1 fully saturated rings. The summed E-state index contributed by atoms with van der Waals surface area (Å²) in [5.41, 5.74) is 0.421. The Morgan fingerprint density at radius 1 is 1.19 bits per heavy atom. The van der Waals surface area contributed by atoms with Crippen molar-refractivity contribution in [1.82, 2.24) is 9.80 Å². The predicted molar refractivity (Wildman–Crippen MR) is 98.1 cm³/mol. The number of methoxy groups -OCH3 is 2. The number of amides is 2. The van der Waals surface area contributed by atoms with Gasteiger partial charge in [0, 0.05) is 26.1 Å². The maximum absolute atomic E-state index is 13.0. The van der Waals surface area contributed by atoms with Gasteiger partial charge in [-0.15, -0.1) is 0 Å². The first-order chi connectivity index (χ1) is 12.9. The van der Waals surface area contributed by atoms with Crippen LogP contribution in [0.25, 0.3) is 0 Å². The van der Waals surface area contributed by atoms with Crippen LogP contribution in [0.15, 0.2) is 18.2 Å². The molecule has 1 aromatic carbocycles. The smallest absolute Gasteiger partial charge is 0.323 e. The minimum atomic E-state index is -1.04. The molecule has 1 atom stereocenters. The van der Waals surface area contributed by atoms with Crippen molar-refractivity contribution in [3.8, 4) is 11.5 Å². The minimum Gasteiger partial charge on any atom is -0.493 e. The van der Waals surface area contributed by atoms with Gasteiger partial charge in [0.1, 0.15) is 6.54 Å². The van der Waals surface area contributed by atoms with Crippen LogP contribution >= 0.6 is 0 Å². The van der Waals surface area contributed by atoms with Crippen LogP contribution in [0, 0.1) is 0 Å². The minimum absolute atomic E-state index is 0.168. The van der Waals surface area contributed by atoms with Crippen LogP contribution in [0.1, 0.15) is 36.5 Å². The Labute approximate surface area is 158 Å². The second kappa shape index (κ2) is 9.25. The zero-order valence-electron chi connectivity index (χ0n) is 15.9. The summed E-state index contributed by atoms with van der Waals surface area (Å²) in [4.78, 5) is 39.0. The van der Waals surface area contributed by atoms with E-state index in [1.807, 2.05) is 0 Å². The monoisotopic (exact) mass is 378 g/mol. The predicted octanol–water partition coefficient (Wildman–Crippen LogP) is 1.63. The average molecular weight is 378 g/mol. The number of carboxylic acid groups (broad SMARTS) is 1. The number of nitrogens with zero attached hydrogens (tertiary/aromatic N) is 2. The summed E-state index contributed by atoms with van der Waals surface area (Å²) in [6.07, 6.45) is 1.88. The fraction of sp³-hybridized carbons (Fsp3) is 0.526. The fourth-order valence-electron chi connectivity index (χ4n) is 3.46. The maximum Gasteiger partial charge on any atom is 0.323 e. The second-order valence-electron chi connectivity index (χ2n) is 6.46. The molecule has 0 saturated carbocycles. The van der Waals surface area contributed by atoms with Gasteiger partial charge in [0.15, 0.2) is 11.5 Å². The molecule has 1 saturated heterocycles. The van der Waals surface area contributed by atoms with E-state index in [1.165, 1.54) is 26.0 Å². The molecule has 1 heterocycles. The molecule has 1 N–H and O–H groups in total. The maximum atomic E-state index is 13.0. The molecule has 0 unspecified atom stereocenters. The molecule has 148 valence electrons. The number of hydrogen-bond donors (Lipinski definition) is 1. The summed E-state index contributed by atoms with van der Waals surface area (Å²) >= 11 is 0. The molecule has 1 aliphatic heterocycles. The van der Waals surface area contributed by atoms with Gasteiger partial charge in [-0.2, -0.15) is 0 Å². The summed E-state index contributed by atoms with van der Waals surface area (Å²) < 4.78 is 10.6. The molecule has 1 aliphatic rings. The summed E-state index contributed by atoms with van der Waals surface area (Å²) in [5, 5.41) is 9.05. The lowest BCUT2D eigenvalue weighted by Gasteiger charge is -2.29. The number of ether oxygens (including phenoxy) is 2. The Kier molecular flexibility index (Phi) is 7.04. The molecule has 0 aliphatic carbocycles. The van der Waals surface area contributed by atoms with Gasteiger partial charge in [-0.3, -0.25) is 14.4 Å². The molecule has 0 spiro atoms. The highest BCUT2D eigenvalue weighted by Gasteiger charge is 2.29. The third kappa shape index (κ3) is 4.90. The van der Waals surface area contributed by atoms with E-state index in [1.54, 1.807) is 23.1 Å². The van der Waals surface area contributed by atoms with Crippen molar-refractivity contribution in [1.29, 1.82) is 0 Å². The largest absolute Gasteiger partial charge is 0.493 e. The lowest BCUT2D eigenvalue weighted by molar-refractivity contribution is -0.145. The van der Waals surface area contributed by atoms with E-state index in [2.05, 4.69) is 0 Å². The Hall–Kier alpha value is -2.77. The van der Waals surface area contributed by atoms with Gasteiger partial charge >= 0.3 is 5.97 Å². The number of carbonyl (C=O) groups is 3. The van der Waals surface area contributed by atoms with Crippen molar-refractivity contribution >= 4 is 17.8 Å². The molecule has 0 bridgehead atoms. The van der Waals surface area contributed by atoms with Gasteiger partial charge < -0.3 is 24.4 Å². The molecule has 2 amide bonds. The highest BCUT2D eigenvalue weighted by Crippen LogP contribution is 2.32. The summed E-state index contributed by atoms with van der Waals surface area (Å²) in [7, 11) is 3.01. The Morgan fingerprint density at radius 3 is 2.52 bits per heavy atom. The van der Waals surface area contributed by atoms with Crippen LogP contribution in [0.5, 0.6) is 11.5 Å². The van der Waals surface area contributed by atoms with E-state index in [-0.39, 0.29) is 24.4 Å². The van der Waals surface area contributed by atoms with Gasteiger partial charge in [0.2, 0.25) is 5.91 Å². The first kappa shape index (κ1) is 20.5. The van der Waals surface area contributed by atoms with E-state index in [0.717, 1.165) is 0 Å². The molecule has 27 heavy (non-hydrogen) atoms. The average Bonchev–Trinajstić information content (AvgIpc) is 2.90. The topological polar surface area (TPSA) is 96.4 Å². The van der Waals surface area contributed by atoms with Crippen LogP contribution in [-0.2, 0) is 9.59 Å². The SMILES string of the molecule is COc1cccc(C(=O)N2CCC[C@@H](N(CC(=O)O)C(C)=O)CC2)c1OC. The second-order valence-corrected chi connectivity index (χ2v) is 6.46. The number of likely N-dealkylation sites (tertiary alicyclic amines) is 1. The number of hydrogen-bond acceptors (Lipinski definition) is 5. The Morgan fingerprint density at radius 2 is 1.93 bits per heavy atom. The molecule has 2 rings (SSSR count). The van der Waals surface area contributed by atoms with Gasteiger partial charge in [-0.05, 0) is 31.4 Å². The van der Waals surface area contributed by atoms with Gasteiger partial charge in [-0.1, -0.05) is 6.07 Å². The van der Waals surface area contributed by atoms with E-state index in [4.69, 9.17) is 14.6 Å². The van der Waals surface area contributed by atoms with Crippen LogP contribution < -0.4 is 9.47 Å². The normalized spacial score (nSPS) is 17.0. The van der Waals surface area contributed by atoms with E-state index in [0.29, 0.717) is 49.4 Å². The van der Waals surface area contributed by atoms with E-state index in [9.17, 15) is 14.4 Å². The van der Waals surface area contributed by atoms with Crippen LogP contribution in [0.2, 0.25) is 0 Å².